The number of halogens is 2. The second kappa shape index (κ2) is 5.30. The maximum atomic E-state index is 13.1. The summed E-state index contributed by atoms with van der Waals surface area (Å²) in [6, 6.07) is 0.244. The van der Waals surface area contributed by atoms with Gasteiger partial charge in [0.1, 0.15) is 0 Å². The van der Waals surface area contributed by atoms with Crippen molar-refractivity contribution in [2.75, 3.05) is 6.54 Å². The van der Waals surface area contributed by atoms with Gasteiger partial charge in [-0.3, -0.25) is 0 Å². The maximum Gasteiger partial charge on any atom is 0.248 e. The third-order valence-electron chi connectivity index (χ3n) is 3.29. The van der Waals surface area contributed by atoms with Crippen molar-refractivity contribution in [1.29, 1.82) is 0 Å². The lowest BCUT2D eigenvalue weighted by molar-refractivity contribution is 0.00749. The molecule has 1 fully saturated rings. The first-order valence-corrected chi connectivity index (χ1v) is 6.44. The van der Waals surface area contributed by atoms with E-state index >= 15 is 0 Å². The van der Waals surface area contributed by atoms with E-state index in [0.717, 1.165) is 6.54 Å². The van der Waals surface area contributed by atoms with Crippen LogP contribution in [0.4, 0.5) is 8.78 Å². The second-order valence-corrected chi connectivity index (χ2v) is 5.00. The Hall–Kier alpha value is -1.04. The molecule has 1 saturated carbocycles. The zero-order valence-electron chi connectivity index (χ0n) is 10.7. The van der Waals surface area contributed by atoms with Crippen LogP contribution in [0.5, 0.6) is 0 Å². The molecule has 0 bridgehead atoms. The van der Waals surface area contributed by atoms with Crippen LogP contribution in [-0.4, -0.2) is 28.6 Å². The molecule has 0 spiro atoms. The molecule has 1 aliphatic rings. The molecule has 2 atom stereocenters. The van der Waals surface area contributed by atoms with Gasteiger partial charge in [-0.15, -0.1) is 0 Å². The standard InChI is InChI=1S/C12H19F2N3O/c1-3-15-8(2)6-10-16-11(17-18-10)9-4-5-12(13,14)7-9/h8-9,15H,3-7H2,1-2H3. The SMILES string of the molecule is CCNC(C)Cc1nc(C2CCC(F)(F)C2)no1. The van der Waals surface area contributed by atoms with Crippen molar-refractivity contribution in [2.45, 2.75) is 57.4 Å². The Morgan fingerprint density at radius 3 is 2.94 bits per heavy atom. The fourth-order valence-corrected chi connectivity index (χ4v) is 2.37. The molecule has 1 aromatic rings. The van der Waals surface area contributed by atoms with E-state index < -0.39 is 5.92 Å². The highest BCUT2D eigenvalue weighted by Crippen LogP contribution is 2.43. The van der Waals surface area contributed by atoms with Crippen LogP contribution < -0.4 is 5.32 Å². The Morgan fingerprint density at radius 2 is 2.33 bits per heavy atom. The summed E-state index contributed by atoms with van der Waals surface area (Å²) in [5, 5.41) is 7.07. The zero-order chi connectivity index (χ0) is 13.2. The van der Waals surface area contributed by atoms with E-state index in [1.54, 1.807) is 0 Å². The molecule has 1 N–H and O–H groups in total. The van der Waals surface area contributed by atoms with Gasteiger partial charge in [-0.05, 0) is 19.9 Å². The summed E-state index contributed by atoms with van der Waals surface area (Å²) >= 11 is 0. The number of aromatic nitrogens is 2. The van der Waals surface area contributed by atoms with Gasteiger partial charge >= 0.3 is 0 Å². The summed E-state index contributed by atoms with van der Waals surface area (Å²) in [7, 11) is 0. The van der Waals surface area contributed by atoms with Crippen LogP contribution in [0.1, 0.15) is 50.7 Å². The first kappa shape index (κ1) is 13.4. The number of nitrogens with one attached hydrogen (secondary N) is 1. The maximum absolute atomic E-state index is 13.1. The molecule has 1 heterocycles. The van der Waals surface area contributed by atoms with E-state index in [9.17, 15) is 8.78 Å². The highest BCUT2D eigenvalue weighted by molar-refractivity contribution is 5.02. The third-order valence-corrected chi connectivity index (χ3v) is 3.29. The monoisotopic (exact) mass is 259 g/mol. The van der Waals surface area contributed by atoms with Crippen molar-refractivity contribution in [1.82, 2.24) is 15.5 Å². The van der Waals surface area contributed by atoms with E-state index in [-0.39, 0.29) is 24.8 Å². The third kappa shape index (κ3) is 3.25. The smallest absolute Gasteiger partial charge is 0.248 e. The van der Waals surface area contributed by atoms with Crippen molar-refractivity contribution >= 4 is 0 Å². The normalized spacial score (nSPS) is 24.3. The lowest BCUT2D eigenvalue weighted by Gasteiger charge is -2.08. The molecule has 102 valence electrons. The van der Waals surface area contributed by atoms with Crippen molar-refractivity contribution in [3.05, 3.63) is 11.7 Å². The Morgan fingerprint density at radius 1 is 1.56 bits per heavy atom. The summed E-state index contributed by atoms with van der Waals surface area (Å²) < 4.78 is 31.3. The van der Waals surface area contributed by atoms with Crippen molar-refractivity contribution in [2.24, 2.45) is 0 Å². The van der Waals surface area contributed by atoms with Gasteiger partial charge in [-0.1, -0.05) is 12.1 Å². The lowest BCUT2D eigenvalue weighted by Crippen LogP contribution is -2.27. The largest absolute Gasteiger partial charge is 0.339 e. The van der Waals surface area contributed by atoms with Gasteiger partial charge < -0.3 is 9.84 Å². The van der Waals surface area contributed by atoms with E-state index in [0.29, 0.717) is 24.6 Å². The number of alkyl halides is 2. The highest BCUT2D eigenvalue weighted by atomic mass is 19.3. The summed E-state index contributed by atoms with van der Waals surface area (Å²) in [4.78, 5) is 4.23. The second-order valence-electron chi connectivity index (χ2n) is 5.00. The van der Waals surface area contributed by atoms with Crippen LogP contribution in [0, 0.1) is 0 Å². The molecule has 0 radical (unpaired) electrons. The predicted molar refractivity (Wildman–Crippen MR) is 62.7 cm³/mol. The molecule has 1 aromatic heterocycles. The Balaban J connectivity index is 1.94. The topological polar surface area (TPSA) is 51.0 Å². The highest BCUT2D eigenvalue weighted by Gasteiger charge is 2.41. The van der Waals surface area contributed by atoms with Crippen LogP contribution >= 0.6 is 0 Å². The Labute approximate surface area is 105 Å². The average molecular weight is 259 g/mol. The van der Waals surface area contributed by atoms with Crippen LogP contribution in [0.15, 0.2) is 4.52 Å². The fourth-order valence-electron chi connectivity index (χ4n) is 2.37. The summed E-state index contributed by atoms with van der Waals surface area (Å²) in [5.74, 6) is -1.87. The Kier molecular flexibility index (Phi) is 3.94. The van der Waals surface area contributed by atoms with Gasteiger partial charge in [0.05, 0.1) is 0 Å². The molecule has 0 aromatic carbocycles. The van der Waals surface area contributed by atoms with Crippen LogP contribution in [-0.2, 0) is 6.42 Å². The molecule has 0 saturated heterocycles. The van der Waals surface area contributed by atoms with Crippen LogP contribution in [0.3, 0.4) is 0 Å². The molecule has 1 aliphatic carbocycles. The lowest BCUT2D eigenvalue weighted by atomic mass is 10.1. The minimum Gasteiger partial charge on any atom is -0.339 e. The van der Waals surface area contributed by atoms with Gasteiger partial charge in [0.2, 0.25) is 11.8 Å². The minimum atomic E-state index is -2.57. The molecule has 2 rings (SSSR count). The molecule has 0 amide bonds. The number of nitrogens with zero attached hydrogens (tertiary/aromatic N) is 2. The molecular weight excluding hydrogens is 240 g/mol. The summed E-state index contributed by atoms with van der Waals surface area (Å²) in [5.41, 5.74) is 0. The van der Waals surface area contributed by atoms with Crippen LogP contribution in [0.2, 0.25) is 0 Å². The van der Waals surface area contributed by atoms with Crippen molar-refractivity contribution in [3.8, 4) is 0 Å². The fraction of sp³-hybridized carbons (Fsp3) is 0.833. The quantitative estimate of drug-likeness (QED) is 0.882. The molecular formula is C12H19F2N3O. The first-order valence-electron chi connectivity index (χ1n) is 6.44. The minimum absolute atomic E-state index is 0.0741. The summed E-state index contributed by atoms with van der Waals surface area (Å²) in [6.07, 6.45) is 0.836. The summed E-state index contributed by atoms with van der Waals surface area (Å²) in [6.45, 7) is 4.92. The van der Waals surface area contributed by atoms with Gasteiger partial charge in [-0.2, -0.15) is 4.98 Å². The number of hydrogen-bond acceptors (Lipinski definition) is 4. The molecule has 4 nitrogen and oxygen atoms in total. The van der Waals surface area contributed by atoms with Crippen molar-refractivity contribution < 1.29 is 13.3 Å². The van der Waals surface area contributed by atoms with E-state index in [2.05, 4.69) is 15.5 Å². The number of likely N-dealkylation sites (N-methyl/N-ethyl adjacent to an activating group) is 1. The first-order chi connectivity index (χ1) is 8.50. The molecule has 0 aliphatic heterocycles. The van der Waals surface area contributed by atoms with Gasteiger partial charge in [-0.25, -0.2) is 8.78 Å². The molecule has 2 unspecified atom stereocenters. The van der Waals surface area contributed by atoms with Crippen molar-refractivity contribution in [3.63, 3.8) is 0 Å². The van der Waals surface area contributed by atoms with Gasteiger partial charge in [0.25, 0.3) is 0 Å². The molecule has 18 heavy (non-hydrogen) atoms. The van der Waals surface area contributed by atoms with Gasteiger partial charge in [0.15, 0.2) is 5.82 Å². The Bertz CT molecular complexity index is 394. The number of rotatable bonds is 5. The van der Waals surface area contributed by atoms with Crippen LogP contribution in [0.25, 0.3) is 0 Å². The zero-order valence-corrected chi connectivity index (χ0v) is 10.7. The van der Waals surface area contributed by atoms with Gasteiger partial charge in [0, 0.05) is 31.2 Å². The van der Waals surface area contributed by atoms with E-state index in [4.69, 9.17) is 4.52 Å². The average Bonchev–Trinajstić information content (AvgIpc) is 2.85. The number of hydrogen-bond donors (Lipinski definition) is 1. The predicted octanol–water partition coefficient (Wildman–Crippen LogP) is 2.51. The van der Waals surface area contributed by atoms with E-state index in [1.165, 1.54) is 0 Å². The van der Waals surface area contributed by atoms with E-state index in [1.807, 2.05) is 13.8 Å². The molecule has 6 heteroatoms.